The SMILES string of the molecule is Cc1ccccc1C(C)Nc1nnnn1C. The van der Waals surface area contributed by atoms with Crippen LogP contribution in [-0.4, -0.2) is 20.2 Å². The van der Waals surface area contributed by atoms with Crippen LogP contribution in [0.4, 0.5) is 5.95 Å². The lowest BCUT2D eigenvalue weighted by molar-refractivity contribution is 0.705. The van der Waals surface area contributed by atoms with Crippen LogP contribution in [0, 0.1) is 6.92 Å². The summed E-state index contributed by atoms with van der Waals surface area (Å²) in [6, 6.07) is 8.47. The Hall–Kier alpha value is -1.91. The minimum Gasteiger partial charge on any atom is -0.347 e. The van der Waals surface area contributed by atoms with Crippen LogP contribution in [0.1, 0.15) is 24.1 Å². The van der Waals surface area contributed by atoms with Crippen molar-refractivity contribution in [1.82, 2.24) is 20.2 Å². The highest BCUT2D eigenvalue weighted by Crippen LogP contribution is 2.19. The van der Waals surface area contributed by atoms with Crippen LogP contribution >= 0.6 is 0 Å². The van der Waals surface area contributed by atoms with Crippen LogP contribution < -0.4 is 5.32 Å². The molecule has 2 rings (SSSR count). The summed E-state index contributed by atoms with van der Waals surface area (Å²) in [6.07, 6.45) is 0. The highest BCUT2D eigenvalue weighted by molar-refractivity contribution is 5.34. The normalized spacial score (nSPS) is 12.4. The molecule has 0 amide bonds. The lowest BCUT2D eigenvalue weighted by Crippen LogP contribution is -2.11. The number of hydrogen-bond donors (Lipinski definition) is 1. The van der Waals surface area contributed by atoms with Gasteiger partial charge in [-0.05, 0) is 35.4 Å². The Kier molecular flexibility index (Phi) is 2.85. The highest BCUT2D eigenvalue weighted by Gasteiger charge is 2.10. The van der Waals surface area contributed by atoms with E-state index in [1.807, 2.05) is 19.2 Å². The molecular formula is C11H15N5. The summed E-state index contributed by atoms with van der Waals surface area (Å²) in [6.45, 7) is 4.19. The van der Waals surface area contributed by atoms with Gasteiger partial charge in [0.05, 0.1) is 6.04 Å². The van der Waals surface area contributed by atoms with Gasteiger partial charge in [-0.15, -0.1) is 0 Å². The summed E-state index contributed by atoms with van der Waals surface area (Å²) in [7, 11) is 1.81. The third kappa shape index (κ3) is 2.03. The molecule has 16 heavy (non-hydrogen) atoms. The third-order valence-electron chi connectivity index (χ3n) is 2.62. The first-order chi connectivity index (χ1) is 7.68. The minimum absolute atomic E-state index is 0.186. The zero-order valence-corrected chi connectivity index (χ0v) is 9.68. The molecule has 0 radical (unpaired) electrons. The highest BCUT2D eigenvalue weighted by atomic mass is 15.6. The molecule has 0 aliphatic rings. The van der Waals surface area contributed by atoms with Gasteiger partial charge < -0.3 is 5.32 Å². The van der Waals surface area contributed by atoms with Crippen molar-refractivity contribution >= 4 is 5.95 Å². The zero-order valence-electron chi connectivity index (χ0n) is 9.68. The second-order valence-corrected chi connectivity index (χ2v) is 3.85. The first-order valence-corrected chi connectivity index (χ1v) is 5.23. The van der Waals surface area contributed by atoms with Crippen LogP contribution in [0.2, 0.25) is 0 Å². The van der Waals surface area contributed by atoms with E-state index < -0.39 is 0 Å². The van der Waals surface area contributed by atoms with Crippen molar-refractivity contribution in [3.05, 3.63) is 35.4 Å². The molecular weight excluding hydrogens is 202 g/mol. The molecule has 1 N–H and O–H groups in total. The molecule has 0 aliphatic carbocycles. The lowest BCUT2D eigenvalue weighted by Gasteiger charge is -2.15. The molecule has 1 atom stereocenters. The number of hydrogen-bond acceptors (Lipinski definition) is 4. The maximum Gasteiger partial charge on any atom is 0.243 e. The number of aryl methyl sites for hydroxylation is 2. The Balaban J connectivity index is 2.18. The van der Waals surface area contributed by atoms with Crippen LogP contribution in [0.3, 0.4) is 0 Å². The smallest absolute Gasteiger partial charge is 0.243 e. The quantitative estimate of drug-likeness (QED) is 0.850. The third-order valence-corrected chi connectivity index (χ3v) is 2.62. The molecule has 2 aromatic rings. The lowest BCUT2D eigenvalue weighted by atomic mass is 10.0. The standard InChI is InChI=1S/C11H15N5/c1-8-6-4-5-7-10(8)9(2)12-11-13-14-15-16(11)3/h4-7,9H,1-3H3,(H,12,13,15). The summed E-state index contributed by atoms with van der Waals surface area (Å²) in [5.74, 6) is 0.677. The number of nitrogens with zero attached hydrogens (tertiary/aromatic N) is 4. The molecule has 1 aromatic heterocycles. The molecule has 0 fully saturated rings. The summed E-state index contributed by atoms with van der Waals surface area (Å²) in [5, 5.41) is 14.5. The van der Waals surface area contributed by atoms with Crippen LogP contribution in [0.25, 0.3) is 0 Å². The van der Waals surface area contributed by atoms with Crippen molar-refractivity contribution in [3.63, 3.8) is 0 Å². The summed E-state index contributed by atoms with van der Waals surface area (Å²) < 4.78 is 1.62. The van der Waals surface area contributed by atoms with E-state index in [0.717, 1.165) is 0 Å². The number of aromatic nitrogens is 4. The molecule has 0 saturated carbocycles. The Morgan fingerprint density at radius 3 is 2.69 bits per heavy atom. The van der Waals surface area contributed by atoms with Gasteiger partial charge in [-0.3, -0.25) is 0 Å². The molecule has 1 unspecified atom stereocenters. The van der Waals surface area contributed by atoms with Gasteiger partial charge in [0.2, 0.25) is 5.95 Å². The topological polar surface area (TPSA) is 55.6 Å². The number of tetrazole rings is 1. The molecule has 5 nitrogen and oxygen atoms in total. The monoisotopic (exact) mass is 217 g/mol. The van der Waals surface area contributed by atoms with E-state index in [4.69, 9.17) is 0 Å². The van der Waals surface area contributed by atoms with Gasteiger partial charge in [-0.2, -0.15) is 0 Å². The Morgan fingerprint density at radius 1 is 1.31 bits per heavy atom. The van der Waals surface area contributed by atoms with E-state index in [9.17, 15) is 0 Å². The van der Waals surface area contributed by atoms with Crippen molar-refractivity contribution in [2.24, 2.45) is 7.05 Å². The van der Waals surface area contributed by atoms with Crippen LogP contribution in [0.5, 0.6) is 0 Å². The summed E-state index contributed by atoms with van der Waals surface area (Å²) >= 11 is 0. The summed E-state index contributed by atoms with van der Waals surface area (Å²) in [4.78, 5) is 0. The molecule has 5 heteroatoms. The largest absolute Gasteiger partial charge is 0.347 e. The van der Waals surface area contributed by atoms with E-state index in [0.29, 0.717) is 5.95 Å². The van der Waals surface area contributed by atoms with Gasteiger partial charge in [0.15, 0.2) is 0 Å². The Morgan fingerprint density at radius 2 is 2.06 bits per heavy atom. The average Bonchev–Trinajstić information content (AvgIpc) is 2.65. The molecule has 1 aromatic carbocycles. The molecule has 0 aliphatic heterocycles. The van der Waals surface area contributed by atoms with Crippen LogP contribution in [-0.2, 0) is 7.05 Å². The fourth-order valence-corrected chi connectivity index (χ4v) is 1.70. The fourth-order valence-electron chi connectivity index (χ4n) is 1.70. The Labute approximate surface area is 94.5 Å². The molecule has 0 spiro atoms. The predicted molar refractivity (Wildman–Crippen MR) is 62.0 cm³/mol. The average molecular weight is 217 g/mol. The zero-order chi connectivity index (χ0) is 11.5. The first-order valence-electron chi connectivity index (χ1n) is 5.23. The van der Waals surface area contributed by atoms with E-state index in [-0.39, 0.29) is 6.04 Å². The maximum absolute atomic E-state index is 3.90. The maximum atomic E-state index is 3.90. The fraction of sp³-hybridized carbons (Fsp3) is 0.364. The van der Waals surface area contributed by atoms with Crippen molar-refractivity contribution in [2.45, 2.75) is 19.9 Å². The van der Waals surface area contributed by atoms with E-state index in [2.05, 4.69) is 46.8 Å². The van der Waals surface area contributed by atoms with Gasteiger partial charge >= 0.3 is 0 Å². The van der Waals surface area contributed by atoms with E-state index >= 15 is 0 Å². The molecule has 0 saturated heterocycles. The van der Waals surface area contributed by atoms with E-state index in [1.165, 1.54) is 11.1 Å². The number of benzene rings is 1. The van der Waals surface area contributed by atoms with Crippen molar-refractivity contribution in [1.29, 1.82) is 0 Å². The van der Waals surface area contributed by atoms with Crippen molar-refractivity contribution in [3.8, 4) is 0 Å². The van der Waals surface area contributed by atoms with Crippen molar-refractivity contribution < 1.29 is 0 Å². The number of anilines is 1. The minimum atomic E-state index is 0.186. The predicted octanol–water partition coefficient (Wildman–Crippen LogP) is 1.69. The molecule has 0 bridgehead atoms. The second-order valence-electron chi connectivity index (χ2n) is 3.85. The van der Waals surface area contributed by atoms with Gasteiger partial charge in [-0.25, -0.2) is 4.68 Å². The number of nitrogens with one attached hydrogen (secondary N) is 1. The molecule has 1 heterocycles. The summed E-state index contributed by atoms with van der Waals surface area (Å²) in [5.41, 5.74) is 2.52. The van der Waals surface area contributed by atoms with Crippen molar-refractivity contribution in [2.75, 3.05) is 5.32 Å². The van der Waals surface area contributed by atoms with Crippen LogP contribution in [0.15, 0.2) is 24.3 Å². The van der Waals surface area contributed by atoms with Gasteiger partial charge in [-0.1, -0.05) is 29.4 Å². The first kappa shape index (κ1) is 10.6. The molecule has 84 valence electrons. The number of rotatable bonds is 3. The van der Waals surface area contributed by atoms with Gasteiger partial charge in [0, 0.05) is 7.05 Å². The van der Waals surface area contributed by atoms with Gasteiger partial charge in [0.25, 0.3) is 0 Å². The second kappa shape index (κ2) is 4.30. The van der Waals surface area contributed by atoms with E-state index in [1.54, 1.807) is 4.68 Å². The van der Waals surface area contributed by atoms with Gasteiger partial charge in [0.1, 0.15) is 0 Å². The Bertz CT molecular complexity index is 477.